The van der Waals surface area contributed by atoms with Crippen molar-refractivity contribution in [3.05, 3.63) is 53.1 Å². The van der Waals surface area contributed by atoms with Gasteiger partial charge in [0.05, 0.1) is 19.8 Å². The van der Waals surface area contributed by atoms with Crippen LogP contribution in [-0.2, 0) is 6.42 Å². The number of hydrogen-bond donors (Lipinski definition) is 2. The Labute approximate surface area is 159 Å². The van der Waals surface area contributed by atoms with Gasteiger partial charge in [-0.1, -0.05) is 6.07 Å². The number of rotatable bonds is 9. The molecular formula is C19H19F2NO6. The number of carboxylic acids is 1. The normalized spacial score (nSPS) is 10.5. The first-order chi connectivity index (χ1) is 13.3. The van der Waals surface area contributed by atoms with Gasteiger partial charge in [0.15, 0.2) is 11.5 Å². The third kappa shape index (κ3) is 5.32. The highest BCUT2D eigenvalue weighted by Gasteiger charge is 2.15. The molecule has 2 rings (SSSR count). The molecule has 2 aromatic rings. The van der Waals surface area contributed by atoms with Gasteiger partial charge in [-0.2, -0.15) is 8.78 Å². The Morgan fingerprint density at radius 1 is 1.00 bits per heavy atom. The van der Waals surface area contributed by atoms with Crippen molar-refractivity contribution in [2.45, 2.75) is 13.0 Å². The number of methoxy groups -OCH3 is 2. The van der Waals surface area contributed by atoms with Crippen molar-refractivity contribution in [1.29, 1.82) is 0 Å². The summed E-state index contributed by atoms with van der Waals surface area (Å²) in [5.41, 5.74) is 0.934. The molecule has 0 aromatic heterocycles. The van der Waals surface area contributed by atoms with Crippen LogP contribution in [0.15, 0.2) is 36.4 Å². The molecule has 0 aliphatic heterocycles. The zero-order valence-electron chi connectivity index (χ0n) is 15.2. The van der Waals surface area contributed by atoms with Crippen LogP contribution in [0.25, 0.3) is 0 Å². The molecule has 7 nitrogen and oxygen atoms in total. The van der Waals surface area contributed by atoms with Gasteiger partial charge in [0.2, 0.25) is 0 Å². The van der Waals surface area contributed by atoms with E-state index in [0.717, 1.165) is 0 Å². The molecule has 1 amide bonds. The lowest BCUT2D eigenvalue weighted by Gasteiger charge is -2.12. The number of ether oxygens (including phenoxy) is 3. The molecule has 0 heterocycles. The van der Waals surface area contributed by atoms with Crippen molar-refractivity contribution in [1.82, 2.24) is 5.32 Å². The molecule has 0 saturated carbocycles. The molecule has 0 radical (unpaired) electrons. The SMILES string of the molecule is COc1cc(C(=O)O)ccc1CCNC(=O)c1ccc(OC)c(OC(F)F)c1. The van der Waals surface area contributed by atoms with Gasteiger partial charge in [-0.15, -0.1) is 0 Å². The summed E-state index contributed by atoms with van der Waals surface area (Å²) in [6.45, 7) is -2.83. The first-order valence-corrected chi connectivity index (χ1v) is 8.17. The van der Waals surface area contributed by atoms with E-state index >= 15 is 0 Å². The van der Waals surface area contributed by atoms with Gasteiger partial charge in [0.1, 0.15) is 5.75 Å². The van der Waals surface area contributed by atoms with Gasteiger partial charge in [-0.05, 0) is 42.3 Å². The summed E-state index contributed by atoms with van der Waals surface area (Å²) in [7, 11) is 2.72. The first-order valence-electron chi connectivity index (χ1n) is 8.17. The summed E-state index contributed by atoms with van der Waals surface area (Å²) in [6, 6.07) is 8.41. The minimum Gasteiger partial charge on any atom is -0.496 e. The van der Waals surface area contributed by atoms with Gasteiger partial charge < -0.3 is 24.6 Å². The zero-order valence-corrected chi connectivity index (χ0v) is 15.2. The van der Waals surface area contributed by atoms with Gasteiger partial charge in [0.25, 0.3) is 5.91 Å². The highest BCUT2D eigenvalue weighted by atomic mass is 19.3. The lowest BCUT2D eigenvalue weighted by atomic mass is 10.1. The van der Waals surface area contributed by atoms with Crippen molar-refractivity contribution in [3.63, 3.8) is 0 Å². The smallest absolute Gasteiger partial charge is 0.387 e. The summed E-state index contributed by atoms with van der Waals surface area (Å²) in [5.74, 6) is -1.32. The van der Waals surface area contributed by atoms with Gasteiger partial charge >= 0.3 is 12.6 Å². The zero-order chi connectivity index (χ0) is 20.7. The van der Waals surface area contributed by atoms with Crippen molar-refractivity contribution in [3.8, 4) is 17.2 Å². The molecule has 0 fully saturated rings. The van der Waals surface area contributed by atoms with E-state index in [9.17, 15) is 18.4 Å². The van der Waals surface area contributed by atoms with E-state index in [-0.39, 0.29) is 29.2 Å². The lowest BCUT2D eigenvalue weighted by Crippen LogP contribution is -2.26. The quantitative estimate of drug-likeness (QED) is 0.678. The maximum atomic E-state index is 12.5. The monoisotopic (exact) mass is 395 g/mol. The molecule has 9 heteroatoms. The van der Waals surface area contributed by atoms with Crippen LogP contribution >= 0.6 is 0 Å². The van der Waals surface area contributed by atoms with Gasteiger partial charge in [-0.25, -0.2) is 4.79 Å². The Hall–Kier alpha value is -3.36. The van der Waals surface area contributed by atoms with Crippen LogP contribution < -0.4 is 19.5 Å². The third-order valence-corrected chi connectivity index (χ3v) is 3.86. The van der Waals surface area contributed by atoms with E-state index in [1.807, 2.05) is 0 Å². The van der Waals surface area contributed by atoms with Crippen LogP contribution in [0.5, 0.6) is 17.2 Å². The topological polar surface area (TPSA) is 94.1 Å². The maximum Gasteiger partial charge on any atom is 0.387 e. The molecular weight excluding hydrogens is 376 g/mol. The number of alkyl halides is 2. The number of nitrogens with one attached hydrogen (secondary N) is 1. The fourth-order valence-corrected chi connectivity index (χ4v) is 2.50. The number of amides is 1. The summed E-state index contributed by atoms with van der Waals surface area (Å²) in [6.07, 6.45) is 0.380. The van der Waals surface area contributed by atoms with E-state index in [1.165, 1.54) is 44.6 Å². The number of halogens is 2. The average Bonchev–Trinajstić information content (AvgIpc) is 2.67. The fraction of sp³-hybridized carbons (Fsp3) is 0.263. The average molecular weight is 395 g/mol. The number of carbonyl (C=O) groups is 2. The fourth-order valence-electron chi connectivity index (χ4n) is 2.50. The van der Waals surface area contributed by atoms with Gasteiger partial charge in [-0.3, -0.25) is 4.79 Å². The van der Waals surface area contributed by atoms with Gasteiger partial charge in [0, 0.05) is 12.1 Å². The molecule has 150 valence electrons. The molecule has 28 heavy (non-hydrogen) atoms. The number of benzene rings is 2. The van der Waals surface area contributed by atoms with Crippen molar-refractivity contribution in [2.24, 2.45) is 0 Å². The summed E-state index contributed by atoms with van der Waals surface area (Å²) >= 11 is 0. The molecule has 2 N–H and O–H groups in total. The van der Waals surface area contributed by atoms with Crippen LogP contribution in [0.4, 0.5) is 8.78 Å². The molecule has 0 unspecified atom stereocenters. The number of hydrogen-bond acceptors (Lipinski definition) is 5. The number of carbonyl (C=O) groups excluding carboxylic acids is 1. The highest BCUT2D eigenvalue weighted by Crippen LogP contribution is 2.29. The maximum absolute atomic E-state index is 12.5. The Morgan fingerprint density at radius 3 is 2.25 bits per heavy atom. The second kappa shape index (κ2) is 9.54. The van der Waals surface area contributed by atoms with Crippen molar-refractivity contribution < 1.29 is 37.7 Å². The number of carboxylic acid groups (broad SMARTS) is 1. The van der Waals surface area contributed by atoms with Crippen LogP contribution in [0.3, 0.4) is 0 Å². The highest BCUT2D eigenvalue weighted by molar-refractivity contribution is 5.94. The Bertz CT molecular complexity index is 856. The number of aromatic carboxylic acids is 1. The standard InChI is InChI=1S/C19H19F2NO6/c1-26-14-6-5-12(9-16(14)28-19(20)21)17(23)22-8-7-11-3-4-13(18(24)25)10-15(11)27-2/h3-6,9-10,19H,7-8H2,1-2H3,(H,22,23)(H,24,25). The molecule has 0 saturated heterocycles. The Balaban J connectivity index is 2.04. The van der Waals surface area contributed by atoms with Crippen LogP contribution in [0.2, 0.25) is 0 Å². The lowest BCUT2D eigenvalue weighted by molar-refractivity contribution is -0.0512. The third-order valence-electron chi connectivity index (χ3n) is 3.86. The van der Waals surface area contributed by atoms with E-state index in [0.29, 0.717) is 17.7 Å². The molecule has 0 atom stereocenters. The Kier molecular flexibility index (Phi) is 7.14. The molecule has 2 aromatic carbocycles. The predicted molar refractivity (Wildman–Crippen MR) is 95.6 cm³/mol. The second-order valence-corrected chi connectivity index (χ2v) is 5.58. The van der Waals surface area contributed by atoms with E-state index in [2.05, 4.69) is 10.1 Å². The molecule has 0 bridgehead atoms. The minimum absolute atomic E-state index is 0.0834. The van der Waals surface area contributed by atoms with Crippen molar-refractivity contribution in [2.75, 3.05) is 20.8 Å². The van der Waals surface area contributed by atoms with Crippen LogP contribution in [0.1, 0.15) is 26.3 Å². The second-order valence-electron chi connectivity index (χ2n) is 5.58. The predicted octanol–water partition coefficient (Wildman–Crippen LogP) is 2.98. The van der Waals surface area contributed by atoms with Crippen LogP contribution in [-0.4, -0.2) is 44.4 Å². The summed E-state index contributed by atoms with van der Waals surface area (Å²) in [4.78, 5) is 23.3. The first kappa shape index (κ1) is 20.9. The molecule has 0 spiro atoms. The van der Waals surface area contributed by atoms with E-state index in [4.69, 9.17) is 14.6 Å². The molecule has 0 aliphatic carbocycles. The van der Waals surface area contributed by atoms with Crippen LogP contribution in [0, 0.1) is 0 Å². The Morgan fingerprint density at radius 2 is 1.64 bits per heavy atom. The summed E-state index contributed by atoms with van der Waals surface area (Å²) in [5, 5.41) is 11.7. The van der Waals surface area contributed by atoms with E-state index < -0.39 is 18.5 Å². The van der Waals surface area contributed by atoms with E-state index in [1.54, 1.807) is 6.07 Å². The largest absolute Gasteiger partial charge is 0.496 e. The summed E-state index contributed by atoms with van der Waals surface area (Å²) < 4.78 is 39.4. The van der Waals surface area contributed by atoms with Crippen molar-refractivity contribution >= 4 is 11.9 Å². The molecule has 0 aliphatic rings. The minimum atomic E-state index is -3.05.